The molecule has 0 amide bonds. The number of aliphatic carboxylic acids is 1. The van der Waals surface area contributed by atoms with Gasteiger partial charge in [-0.1, -0.05) is 54.1 Å². The van der Waals surface area contributed by atoms with E-state index in [1.54, 1.807) is 0 Å². The van der Waals surface area contributed by atoms with Crippen LogP contribution in [0.1, 0.15) is 30.0 Å². The van der Waals surface area contributed by atoms with Gasteiger partial charge in [0.1, 0.15) is 0 Å². The molecule has 110 valence electrons. The number of carboxylic acids is 1. The van der Waals surface area contributed by atoms with E-state index in [-0.39, 0.29) is 6.04 Å². The van der Waals surface area contributed by atoms with Crippen LogP contribution in [-0.2, 0) is 4.79 Å². The Bertz CT molecular complexity index is 583. The van der Waals surface area contributed by atoms with Gasteiger partial charge in [-0.05, 0) is 30.2 Å². The van der Waals surface area contributed by atoms with Crippen molar-refractivity contribution < 1.29 is 9.90 Å². The zero-order valence-corrected chi connectivity index (χ0v) is 12.5. The van der Waals surface area contributed by atoms with Crippen LogP contribution in [0.3, 0.4) is 0 Å². The number of hydrogen-bond donors (Lipinski definition) is 2. The molecule has 0 heterocycles. The van der Waals surface area contributed by atoms with Crippen molar-refractivity contribution in [1.29, 1.82) is 0 Å². The maximum absolute atomic E-state index is 11.4. The lowest BCUT2D eigenvalue weighted by atomic mass is 9.98. The molecule has 0 radical (unpaired) electrons. The van der Waals surface area contributed by atoms with Gasteiger partial charge in [0.05, 0.1) is 5.92 Å². The van der Waals surface area contributed by atoms with Crippen LogP contribution < -0.4 is 5.32 Å². The summed E-state index contributed by atoms with van der Waals surface area (Å²) in [5.74, 6) is -1.38. The molecule has 0 bridgehead atoms. The Kier molecular flexibility index (Phi) is 5.37. The summed E-state index contributed by atoms with van der Waals surface area (Å²) in [6.07, 6.45) is 0. The molecule has 0 saturated heterocycles. The minimum Gasteiger partial charge on any atom is -0.481 e. The maximum Gasteiger partial charge on any atom is 0.312 e. The maximum atomic E-state index is 11.4. The molecule has 0 saturated carbocycles. The first-order valence-electron chi connectivity index (χ1n) is 6.84. The van der Waals surface area contributed by atoms with Crippen LogP contribution in [0.4, 0.5) is 0 Å². The minimum absolute atomic E-state index is 0.0628. The van der Waals surface area contributed by atoms with Crippen LogP contribution in [-0.4, -0.2) is 17.6 Å². The summed E-state index contributed by atoms with van der Waals surface area (Å²) in [6.45, 7) is 2.39. The first-order chi connectivity index (χ1) is 10.1. The number of hydrogen-bond acceptors (Lipinski definition) is 2. The second-order valence-electron chi connectivity index (χ2n) is 4.98. The summed E-state index contributed by atoms with van der Waals surface area (Å²) in [4.78, 5) is 11.4. The van der Waals surface area contributed by atoms with Gasteiger partial charge in [-0.2, -0.15) is 0 Å². The number of halogens is 1. The van der Waals surface area contributed by atoms with E-state index in [4.69, 9.17) is 11.6 Å². The largest absolute Gasteiger partial charge is 0.481 e. The lowest BCUT2D eigenvalue weighted by molar-refractivity contribution is -0.138. The first-order valence-corrected chi connectivity index (χ1v) is 7.22. The summed E-state index contributed by atoms with van der Waals surface area (Å²) in [5, 5.41) is 13.4. The highest BCUT2D eigenvalue weighted by atomic mass is 35.5. The molecule has 0 aromatic heterocycles. The standard InChI is InChI=1S/C17H18ClNO2/c1-12(13-7-9-15(18)10-8-13)19-11-16(17(20)21)14-5-3-2-4-6-14/h2-10,12,16,19H,11H2,1H3,(H,20,21)/t12-,16?/m1/s1. The molecule has 0 spiro atoms. The van der Waals surface area contributed by atoms with E-state index < -0.39 is 11.9 Å². The van der Waals surface area contributed by atoms with Gasteiger partial charge < -0.3 is 10.4 Å². The molecule has 0 aliphatic rings. The van der Waals surface area contributed by atoms with Crippen molar-refractivity contribution in [3.8, 4) is 0 Å². The predicted octanol–water partition coefficient (Wildman–Crippen LogP) is 3.86. The molecular formula is C17H18ClNO2. The Morgan fingerprint density at radius 2 is 1.71 bits per heavy atom. The van der Waals surface area contributed by atoms with Crippen molar-refractivity contribution >= 4 is 17.6 Å². The average Bonchev–Trinajstić information content (AvgIpc) is 2.48. The van der Waals surface area contributed by atoms with Gasteiger partial charge >= 0.3 is 5.97 Å². The molecule has 1 unspecified atom stereocenters. The third kappa shape index (κ3) is 4.31. The zero-order valence-electron chi connectivity index (χ0n) is 11.8. The van der Waals surface area contributed by atoms with Crippen molar-refractivity contribution in [2.24, 2.45) is 0 Å². The molecule has 4 heteroatoms. The van der Waals surface area contributed by atoms with Crippen molar-refractivity contribution in [3.63, 3.8) is 0 Å². The lowest BCUT2D eigenvalue weighted by Crippen LogP contribution is -2.28. The van der Waals surface area contributed by atoms with E-state index in [0.717, 1.165) is 11.1 Å². The third-order valence-electron chi connectivity index (χ3n) is 3.50. The van der Waals surface area contributed by atoms with Crippen LogP contribution in [0.15, 0.2) is 54.6 Å². The zero-order chi connectivity index (χ0) is 15.2. The molecule has 3 nitrogen and oxygen atoms in total. The molecule has 0 aliphatic heterocycles. The number of benzene rings is 2. The van der Waals surface area contributed by atoms with Crippen LogP contribution >= 0.6 is 11.6 Å². The fourth-order valence-corrected chi connectivity index (χ4v) is 2.32. The quantitative estimate of drug-likeness (QED) is 0.852. The summed E-state index contributed by atoms with van der Waals surface area (Å²) < 4.78 is 0. The molecule has 0 fully saturated rings. The van der Waals surface area contributed by atoms with Crippen LogP contribution in [0.25, 0.3) is 0 Å². The normalized spacial score (nSPS) is 13.6. The Labute approximate surface area is 129 Å². The second-order valence-corrected chi connectivity index (χ2v) is 5.42. The SMILES string of the molecule is C[C@@H](NCC(C(=O)O)c1ccccc1)c1ccc(Cl)cc1. The third-order valence-corrected chi connectivity index (χ3v) is 3.75. The van der Waals surface area contributed by atoms with E-state index in [2.05, 4.69) is 5.32 Å². The molecule has 2 atom stereocenters. The van der Waals surface area contributed by atoms with E-state index in [1.165, 1.54) is 0 Å². The second kappa shape index (κ2) is 7.25. The monoisotopic (exact) mass is 303 g/mol. The van der Waals surface area contributed by atoms with Crippen molar-refractivity contribution in [1.82, 2.24) is 5.32 Å². The highest BCUT2D eigenvalue weighted by Gasteiger charge is 2.20. The minimum atomic E-state index is -0.822. The van der Waals surface area contributed by atoms with Crippen molar-refractivity contribution in [3.05, 3.63) is 70.7 Å². The van der Waals surface area contributed by atoms with Gasteiger partial charge in [0.25, 0.3) is 0 Å². The van der Waals surface area contributed by atoms with E-state index in [1.807, 2.05) is 61.5 Å². The van der Waals surface area contributed by atoms with Crippen LogP contribution in [0, 0.1) is 0 Å². The molecule has 21 heavy (non-hydrogen) atoms. The molecular weight excluding hydrogens is 286 g/mol. The Morgan fingerprint density at radius 1 is 1.10 bits per heavy atom. The van der Waals surface area contributed by atoms with Gasteiger partial charge in [-0.25, -0.2) is 0 Å². The Balaban J connectivity index is 2.02. The molecule has 2 aromatic carbocycles. The molecule has 2 aromatic rings. The van der Waals surface area contributed by atoms with Gasteiger partial charge in [-0.3, -0.25) is 4.79 Å². The predicted molar refractivity (Wildman–Crippen MR) is 84.7 cm³/mol. The number of carbonyl (C=O) groups is 1. The van der Waals surface area contributed by atoms with Gasteiger partial charge in [0.15, 0.2) is 0 Å². The molecule has 2 N–H and O–H groups in total. The Hall–Kier alpha value is -1.84. The number of carboxylic acid groups (broad SMARTS) is 1. The van der Waals surface area contributed by atoms with E-state index >= 15 is 0 Å². The van der Waals surface area contributed by atoms with Crippen LogP contribution in [0.5, 0.6) is 0 Å². The topological polar surface area (TPSA) is 49.3 Å². The van der Waals surface area contributed by atoms with Crippen LogP contribution in [0.2, 0.25) is 5.02 Å². The summed E-state index contributed by atoms with van der Waals surface area (Å²) >= 11 is 5.87. The van der Waals surface area contributed by atoms with Gasteiger partial charge in [0.2, 0.25) is 0 Å². The average molecular weight is 304 g/mol. The summed E-state index contributed by atoms with van der Waals surface area (Å²) in [5.41, 5.74) is 1.89. The fraction of sp³-hybridized carbons (Fsp3) is 0.235. The van der Waals surface area contributed by atoms with Gasteiger partial charge in [0, 0.05) is 17.6 Å². The summed E-state index contributed by atoms with van der Waals surface area (Å²) in [7, 11) is 0. The van der Waals surface area contributed by atoms with Crippen molar-refractivity contribution in [2.75, 3.05) is 6.54 Å². The van der Waals surface area contributed by atoms with E-state index in [9.17, 15) is 9.90 Å². The van der Waals surface area contributed by atoms with Crippen molar-refractivity contribution in [2.45, 2.75) is 18.9 Å². The summed E-state index contributed by atoms with van der Waals surface area (Å²) in [6, 6.07) is 16.9. The number of nitrogens with one attached hydrogen (secondary N) is 1. The first kappa shape index (κ1) is 15.5. The Morgan fingerprint density at radius 3 is 2.29 bits per heavy atom. The highest BCUT2D eigenvalue weighted by molar-refractivity contribution is 6.30. The van der Waals surface area contributed by atoms with E-state index in [0.29, 0.717) is 11.6 Å². The number of rotatable bonds is 6. The molecule has 0 aliphatic carbocycles. The highest BCUT2D eigenvalue weighted by Crippen LogP contribution is 2.19. The smallest absolute Gasteiger partial charge is 0.312 e. The fourth-order valence-electron chi connectivity index (χ4n) is 2.20. The van der Waals surface area contributed by atoms with Gasteiger partial charge in [-0.15, -0.1) is 0 Å². The molecule has 2 rings (SSSR count). The lowest BCUT2D eigenvalue weighted by Gasteiger charge is -2.18.